The maximum Gasteiger partial charge on any atom is 0.230 e. The maximum atomic E-state index is 11.1. The van der Waals surface area contributed by atoms with Crippen LogP contribution in [0.1, 0.15) is 42.1 Å². The average molecular weight is 518 g/mol. The molecule has 2 aliphatic rings. The number of benzene rings is 1. The van der Waals surface area contributed by atoms with Crippen LogP contribution in [0.2, 0.25) is 10.0 Å². The van der Waals surface area contributed by atoms with E-state index in [2.05, 4.69) is 37.6 Å². The summed E-state index contributed by atoms with van der Waals surface area (Å²) in [5.74, 6) is 0.752. The van der Waals surface area contributed by atoms with Crippen LogP contribution in [-0.2, 0) is 0 Å². The highest BCUT2D eigenvalue weighted by atomic mass is 35.5. The molecular weight excluding hydrogens is 489 g/mol. The van der Waals surface area contributed by atoms with Crippen LogP contribution < -0.4 is 15.4 Å². The number of anilines is 3. The molecule has 3 heterocycles. The second-order valence-electron chi connectivity index (χ2n) is 8.60. The molecule has 5 rings (SSSR count). The van der Waals surface area contributed by atoms with E-state index in [4.69, 9.17) is 27.9 Å². The van der Waals surface area contributed by atoms with Gasteiger partial charge in [-0.15, -0.1) is 0 Å². The monoisotopic (exact) mass is 517 g/mol. The Labute approximate surface area is 214 Å². The minimum atomic E-state index is 0.175. The number of hydrogen-bond acceptors (Lipinski definition) is 8. The minimum Gasteiger partial charge on any atom is -0.474 e. The normalized spacial score (nSPS) is 16.2. The van der Waals surface area contributed by atoms with E-state index >= 15 is 0 Å². The molecule has 35 heavy (non-hydrogen) atoms. The molecule has 0 radical (unpaired) electrons. The predicted octanol–water partition coefficient (Wildman–Crippen LogP) is 5.07. The number of likely N-dealkylation sites (tertiary alicyclic amines) is 1. The fourth-order valence-electron chi connectivity index (χ4n) is 3.68. The first kappa shape index (κ1) is 25.2. The van der Waals surface area contributed by atoms with Crippen molar-refractivity contribution >= 4 is 46.8 Å². The molecule has 1 saturated carbocycles. The lowest BCUT2D eigenvalue weighted by Gasteiger charge is -2.28. The third-order valence-corrected chi connectivity index (χ3v) is 6.47. The number of aldehydes is 1. The fourth-order valence-corrected chi connectivity index (χ4v) is 4.27. The Hall–Kier alpha value is -2.88. The molecule has 1 saturated heterocycles. The highest BCUT2D eigenvalue weighted by molar-refractivity contribution is 6.39. The number of nitrogens with zero attached hydrogens (tertiary/aromatic N) is 5. The second-order valence-corrected chi connectivity index (χ2v) is 9.42. The van der Waals surface area contributed by atoms with Gasteiger partial charge in [0.15, 0.2) is 6.29 Å². The molecule has 1 aliphatic carbocycles. The standard InChI is InChI=1S/C17H22N6O2.C7H7Cl2N/c1-22-6-4-14(5-7-22)23-10-13(9-19-23)20-17-18-8-12(11-24)16(21-17)25-15-2-3-15;1-10-7-5(8)3-2-4-6(7)9/h8-11,14-15H,2-7H2,1H3,(H,18,20,21);2-4,10H,1H3. The van der Waals surface area contributed by atoms with Gasteiger partial charge in [-0.25, -0.2) is 4.98 Å². The third kappa shape index (κ3) is 6.84. The van der Waals surface area contributed by atoms with Crippen molar-refractivity contribution in [1.29, 1.82) is 0 Å². The number of rotatable bonds is 7. The van der Waals surface area contributed by atoms with Gasteiger partial charge in [0.05, 0.1) is 39.2 Å². The van der Waals surface area contributed by atoms with Crippen LogP contribution in [0.3, 0.4) is 0 Å². The molecule has 11 heteroatoms. The molecule has 2 N–H and O–H groups in total. The van der Waals surface area contributed by atoms with E-state index in [0.717, 1.165) is 56.4 Å². The first-order valence-corrected chi connectivity index (χ1v) is 12.3. The Morgan fingerprint density at radius 2 is 1.83 bits per heavy atom. The lowest BCUT2D eigenvalue weighted by atomic mass is 10.1. The molecule has 3 aromatic rings. The molecule has 2 fully saturated rings. The van der Waals surface area contributed by atoms with Gasteiger partial charge < -0.3 is 20.3 Å². The van der Waals surface area contributed by atoms with E-state index in [1.54, 1.807) is 25.4 Å². The smallest absolute Gasteiger partial charge is 0.230 e. The highest BCUT2D eigenvalue weighted by Gasteiger charge is 2.26. The Balaban J connectivity index is 0.000000243. The molecule has 0 bridgehead atoms. The van der Waals surface area contributed by atoms with E-state index in [1.165, 1.54) is 6.20 Å². The van der Waals surface area contributed by atoms with Gasteiger partial charge in [-0.2, -0.15) is 10.1 Å². The van der Waals surface area contributed by atoms with E-state index in [1.807, 2.05) is 16.9 Å². The van der Waals surface area contributed by atoms with Crippen molar-refractivity contribution < 1.29 is 9.53 Å². The first-order valence-electron chi connectivity index (χ1n) is 11.6. The molecule has 186 valence electrons. The Bertz CT molecular complexity index is 1120. The van der Waals surface area contributed by atoms with E-state index < -0.39 is 0 Å². The molecule has 0 unspecified atom stereocenters. The van der Waals surface area contributed by atoms with Crippen molar-refractivity contribution in [3.63, 3.8) is 0 Å². The number of ether oxygens (including phenoxy) is 1. The van der Waals surface area contributed by atoms with Crippen molar-refractivity contribution in [3.05, 3.63) is 52.4 Å². The molecule has 1 aliphatic heterocycles. The molecule has 2 aromatic heterocycles. The van der Waals surface area contributed by atoms with Crippen molar-refractivity contribution in [2.75, 3.05) is 37.8 Å². The molecule has 0 amide bonds. The van der Waals surface area contributed by atoms with Gasteiger partial charge in [0.25, 0.3) is 0 Å². The second kappa shape index (κ2) is 11.7. The van der Waals surface area contributed by atoms with Gasteiger partial charge in [0.2, 0.25) is 11.8 Å². The van der Waals surface area contributed by atoms with Gasteiger partial charge in [0, 0.05) is 19.4 Å². The quantitative estimate of drug-likeness (QED) is 0.419. The highest BCUT2D eigenvalue weighted by Crippen LogP contribution is 2.29. The molecule has 9 nitrogen and oxygen atoms in total. The number of para-hydroxylation sites is 1. The summed E-state index contributed by atoms with van der Waals surface area (Å²) in [5.41, 5.74) is 1.99. The summed E-state index contributed by atoms with van der Waals surface area (Å²) in [6, 6.07) is 5.82. The summed E-state index contributed by atoms with van der Waals surface area (Å²) in [5, 5.41) is 11.8. The van der Waals surface area contributed by atoms with Crippen molar-refractivity contribution in [2.24, 2.45) is 0 Å². The molecule has 0 atom stereocenters. The van der Waals surface area contributed by atoms with E-state index in [9.17, 15) is 4.79 Å². The zero-order valence-electron chi connectivity index (χ0n) is 19.7. The summed E-state index contributed by atoms with van der Waals surface area (Å²) >= 11 is 11.6. The van der Waals surface area contributed by atoms with Crippen molar-refractivity contribution in [2.45, 2.75) is 37.8 Å². The number of nitrogens with one attached hydrogen (secondary N) is 2. The number of halogens is 2. The number of carbonyl (C=O) groups is 1. The molecular formula is C24H29Cl2N7O2. The average Bonchev–Trinajstić information content (AvgIpc) is 3.55. The summed E-state index contributed by atoms with van der Waals surface area (Å²) in [6.45, 7) is 2.18. The Morgan fingerprint density at radius 1 is 1.11 bits per heavy atom. The van der Waals surface area contributed by atoms with Crippen LogP contribution in [0.15, 0.2) is 36.8 Å². The minimum absolute atomic E-state index is 0.175. The van der Waals surface area contributed by atoms with Gasteiger partial charge in [-0.05, 0) is 58.0 Å². The fraction of sp³-hybridized carbons (Fsp3) is 0.417. The maximum absolute atomic E-state index is 11.1. The van der Waals surface area contributed by atoms with Crippen molar-refractivity contribution in [3.8, 4) is 5.88 Å². The lowest BCUT2D eigenvalue weighted by Crippen LogP contribution is -2.31. The Morgan fingerprint density at radius 3 is 2.43 bits per heavy atom. The molecule has 1 aromatic carbocycles. The van der Waals surface area contributed by atoms with Crippen LogP contribution >= 0.6 is 23.2 Å². The topological polar surface area (TPSA) is 97.2 Å². The van der Waals surface area contributed by atoms with E-state index in [0.29, 0.717) is 33.5 Å². The summed E-state index contributed by atoms with van der Waals surface area (Å²) < 4.78 is 7.70. The van der Waals surface area contributed by atoms with Crippen LogP contribution in [0.5, 0.6) is 5.88 Å². The number of carbonyl (C=O) groups excluding carboxylic acids is 1. The SMILES string of the molecule is CN1CCC(n2cc(Nc3ncc(C=O)c(OC4CC4)n3)cn2)CC1.CNc1c(Cl)cccc1Cl. The largest absolute Gasteiger partial charge is 0.474 e. The summed E-state index contributed by atoms with van der Waals surface area (Å²) in [7, 11) is 3.93. The van der Waals surface area contributed by atoms with Crippen LogP contribution in [0.4, 0.5) is 17.3 Å². The predicted molar refractivity (Wildman–Crippen MR) is 138 cm³/mol. The Kier molecular flexibility index (Phi) is 8.43. The third-order valence-electron chi connectivity index (χ3n) is 5.84. The van der Waals surface area contributed by atoms with Gasteiger partial charge >= 0.3 is 0 Å². The van der Waals surface area contributed by atoms with Crippen LogP contribution in [-0.4, -0.2) is 64.2 Å². The number of aromatic nitrogens is 4. The van der Waals surface area contributed by atoms with Gasteiger partial charge in [0.1, 0.15) is 6.10 Å². The zero-order valence-corrected chi connectivity index (χ0v) is 21.3. The summed E-state index contributed by atoms with van der Waals surface area (Å²) in [6.07, 6.45) is 10.4. The first-order chi connectivity index (χ1) is 17.0. The van der Waals surface area contributed by atoms with Crippen LogP contribution in [0, 0.1) is 0 Å². The number of piperidine rings is 1. The summed E-state index contributed by atoms with van der Waals surface area (Å²) in [4.78, 5) is 22.0. The van der Waals surface area contributed by atoms with Gasteiger partial charge in [-0.1, -0.05) is 29.3 Å². The number of hydrogen-bond donors (Lipinski definition) is 2. The van der Waals surface area contributed by atoms with Crippen molar-refractivity contribution in [1.82, 2.24) is 24.6 Å². The van der Waals surface area contributed by atoms with Crippen LogP contribution in [0.25, 0.3) is 0 Å². The zero-order chi connectivity index (χ0) is 24.8. The van der Waals surface area contributed by atoms with Gasteiger partial charge in [-0.3, -0.25) is 9.48 Å². The van der Waals surface area contributed by atoms with E-state index in [-0.39, 0.29) is 6.10 Å². The molecule has 0 spiro atoms. The lowest BCUT2D eigenvalue weighted by molar-refractivity contribution is 0.111.